The van der Waals surface area contributed by atoms with Gasteiger partial charge in [-0.3, -0.25) is 4.79 Å². The van der Waals surface area contributed by atoms with E-state index in [-0.39, 0.29) is 22.6 Å². The first-order valence-corrected chi connectivity index (χ1v) is 13.0. The van der Waals surface area contributed by atoms with E-state index in [1.807, 2.05) is 17.5 Å². The second-order valence-corrected chi connectivity index (χ2v) is 10.2. The molecule has 0 aliphatic heterocycles. The van der Waals surface area contributed by atoms with Crippen molar-refractivity contribution in [2.45, 2.75) is 30.7 Å². The van der Waals surface area contributed by atoms with Gasteiger partial charge in [-0.1, -0.05) is 49.7 Å². The molecule has 1 atom stereocenters. The van der Waals surface area contributed by atoms with Gasteiger partial charge in [-0.15, -0.1) is 11.3 Å². The molecule has 3 aromatic rings. The number of benzene rings is 2. The van der Waals surface area contributed by atoms with E-state index in [1.165, 1.54) is 31.9 Å². The van der Waals surface area contributed by atoms with Crippen molar-refractivity contribution >= 4 is 33.3 Å². The SMILES string of the molecule is CCCc1ccc(C(NC(=O)/C=C/c2ccc(OC)c(S(=O)(=O)NC)c2)c2cccs2)cc1. The molecular formula is C25H28N2O4S2. The smallest absolute Gasteiger partial charge is 0.244 e. The van der Waals surface area contributed by atoms with Crippen LogP contribution in [0.15, 0.2) is 70.9 Å². The van der Waals surface area contributed by atoms with E-state index in [9.17, 15) is 13.2 Å². The van der Waals surface area contributed by atoms with Crippen LogP contribution in [0, 0.1) is 0 Å². The molecule has 8 heteroatoms. The second-order valence-electron chi connectivity index (χ2n) is 7.40. The second kappa shape index (κ2) is 11.3. The summed E-state index contributed by atoms with van der Waals surface area (Å²) in [4.78, 5) is 13.8. The Balaban J connectivity index is 1.81. The highest BCUT2D eigenvalue weighted by molar-refractivity contribution is 7.89. The lowest BCUT2D eigenvalue weighted by atomic mass is 10.0. The third-order valence-electron chi connectivity index (χ3n) is 5.14. The molecule has 1 amide bonds. The lowest BCUT2D eigenvalue weighted by Crippen LogP contribution is -2.27. The summed E-state index contributed by atoms with van der Waals surface area (Å²) in [5.41, 5.74) is 2.84. The highest BCUT2D eigenvalue weighted by atomic mass is 32.2. The van der Waals surface area contributed by atoms with E-state index < -0.39 is 10.0 Å². The van der Waals surface area contributed by atoms with Crippen molar-refractivity contribution in [3.05, 3.63) is 87.6 Å². The van der Waals surface area contributed by atoms with Crippen molar-refractivity contribution in [3.63, 3.8) is 0 Å². The normalized spacial score (nSPS) is 12.6. The number of carbonyl (C=O) groups excluding carboxylic acids is 1. The Bertz CT molecular complexity index is 1200. The third-order valence-corrected chi connectivity index (χ3v) is 7.51. The molecule has 6 nitrogen and oxygen atoms in total. The molecule has 0 fully saturated rings. The number of carbonyl (C=O) groups is 1. The van der Waals surface area contributed by atoms with Crippen molar-refractivity contribution in [1.29, 1.82) is 0 Å². The fourth-order valence-electron chi connectivity index (χ4n) is 3.42. The van der Waals surface area contributed by atoms with E-state index in [2.05, 4.69) is 41.2 Å². The molecule has 2 aromatic carbocycles. The minimum atomic E-state index is -3.70. The fraction of sp³-hybridized carbons (Fsp3) is 0.240. The topological polar surface area (TPSA) is 84.5 Å². The van der Waals surface area contributed by atoms with Crippen LogP contribution in [0.1, 0.15) is 41.0 Å². The van der Waals surface area contributed by atoms with Crippen LogP contribution >= 0.6 is 11.3 Å². The Labute approximate surface area is 199 Å². The molecule has 1 heterocycles. The summed E-state index contributed by atoms with van der Waals surface area (Å²) < 4.78 is 32.0. The highest BCUT2D eigenvalue weighted by Crippen LogP contribution is 2.27. The molecule has 0 saturated heterocycles. The van der Waals surface area contributed by atoms with Gasteiger partial charge in [-0.2, -0.15) is 0 Å². The molecule has 0 saturated carbocycles. The molecule has 0 aliphatic rings. The Kier molecular flexibility index (Phi) is 8.43. The number of hydrogen-bond donors (Lipinski definition) is 2. The van der Waals surface area contributed by atoms with Crippen molar-refractivity contribution in [2.24, 2.45) is 0 Å². The summed E-state index contributed by atoms with van der Waals surface area (Å²) in [6.07, 6.45) is 5.09. The largest absolute Gasteiger partial charge is 0.495 e. The molecule has 33 heavy (non-hydrogen) atoms. The zero-order valence-corrected chi connectivity index (χ0v) is 20.5. The monoisotopic (exact) mass is 484 g/mol. The third kappa shape index (κ3) is 6.31. The predicted molar refractivity (Wildman–Crippen MR) is 133 cm³/mol. The van der Waals surface area contributed by atoms with Gasteiger partial charge in [-0.05, 0) is 59.8 Å². The van der Waals surface area contributed by atoms with E-state index in [4.69, 9.17) is 4.74 Å². The van der Waals surface area contributed by atoms with Gasteiger partial charge in [0.25, 0.3) is 0 Å². The molecule has 0 aliphatic carbocycles. The molecule has 174 valence electrons. The summed E-state index contributed by atoms with van der Waals surface area (Å²) in [6.45, 7) is 2.15. The van der Waals surface area contributed by atoms with E-state index in [0.717, 1.165) is 23.3 Å². The minimum absolute atomic E-state index is 0.0127. The number of methoxy groups -OCH3 is 1. The summed E-state index contributed by atoms with van der Waals surface area (Å²) in [7, 11) is -0.956. The van der Waals surface area contributed by atoms with Gasteiger partial charge in [0, 0.05) is 11.0 Å². The average Bonchev–Trinajstić information content (AvgIpc) is 3.36. The summed E-state index contributed by atoms with van der Waals surface area (Å²) in [5.74, 6) is -0.0462. The number of ether oxygens (including phenoxy) is 1. The first-order chi connectivity index (χ1) is 15.9. The van der Waals surface area contributed by atoms with Crippen LogP contribution in [0.2, 0.25) is 0 Å². The number of nitrogens with one attached hydrogen (secondary N) is 2. The zero-order chi connectivity index (χ0) is 23.8. The van der Waals surface area contributed by atoms with Gasteiger partial charge < -0.3 is 10.1 Å². The Morgan fingerprint density at radius 1 is 1.15 bits per heavy atom. The van der Waals surface area contributed by atoms with E-state index in [1.54, 1.807) is 29.5 Å². The maximum atomic E-state index is 12.8. The lowest BCUT2D eigenvalue weighted by molar-refractivity contribution is -0.116. The van der Waals surface area contributed by atoms with Crippen molar-refractivity contribution in [2.75, 3.05) is 14.2 Å². The van der Waals surface area contributed by atoms with Gasteiger partial charge >= 0.3 is 0 Å². The van der Waals surface area contributed by atoms with Crippen LogP contribution in [0.3, 0.4) is 0 Å². The summed E-state index contributed by atoms with van der Waals surface area (Å²) in [6, 6.07) is 16.7. The van der Waals surface area contributed by atoms with Gasteiger partial charge in [0.2, 0.25) is 15.9 Å². The van der Waals surface area contributed by atoms with Crippen molar-refractivity contribution in [1.82, 2.24) is 10.0 Å². The highest BCUT2D eigenvalue weighted by Gasteiger charge is 2.19. The zero-order valence-electron chi connectivity index (χ0n) is 18.9. The van der Waals surface area contributed by atoms with Crippen LogP contribution in [-0.2, 0) is 21.2 Å². The molecule has 1 unspecified atom stereocenters. The van der Waals surface area contributed by atoms with Crippen LogP contribution in [0.5, 0.6) is 5.75 Å². The molecule has 0 radical (unpaired) electrons. The fourth-order valence-corrected chi connectivity index (χ4v) is 5.15. The standard InChI is InChI=1S/C25H28N2O4S2/c1-4-6-18-8-12-20(13-9-18)25(22-7-5-16-32-22)27-24(28)15-11-19-10-14-21(31-3)23(17-19)33(29,30)26-2/h5,7-17,25-26H,4,6H2,1-3H3,(H,27,28)/b15-11+. The quantitative estimate of drug-likeness (QED) is 0.414. The van der Waals surface area contributed by atoms with Gasteiger partial charge in [-0.25, -0.2) is 13.1 Å². The number of thiophene rings is 1. The van der Waals surface area contributed by atoms with Crippen LogP contribution < -0.4 is 14.8 Å². The number of hydrogen-bond acceptors (Lipinski definition) is 5. The van der Waals surface area contributed by atoms with Crippen molar-refractivity contribution in [3.8, 4) is 5.75 Å². The number of sulfonamides is 1. The van der Waals surface area contributed by atoms with Gasteiger partial charge in [0.1, 0.15) is 10.6 Å². The van der Waals surface area contributed by atoms with Crippen LogP contribution in [0.25, 0.3) is 6.08 Å². The van der Waals surface area contributed by atoms with Gasteiger partial charge in [0.15, 0.2) is 0 Å². The van der Waals surface area contributed by atoms with E-state index >= 15 is 0 Å². The lowest BCUT2D eigenvalue weighted by Gasteiger charge is -2.17. The van der Waals surface area contributed by atoms with E-state index in [0.29, 0.717) is 5.56 Å². The Morgan fingerprint density at radius 2 is 1.91 bits per heavy atom. The Morgan fingerprint density at radius 3 is 2.52 bits per heavy atom. The molecule has 1 aromatic heterocycles. The number of amides is 1. The number of aryl methyl sites for hydroxylation is 1. The predicted octanol–water partition coefficient (Wildman–Crippen LogP) is 4.54. The molecule has 0 spiro atoms. The molecule has 0 bridgehead atoms. The first-order valence-electron chi connectivity index (χ1n) is 10.6. The molecule has 2 N–H and O–H groups in total. The minimum Gasteiger partial charge on any atom is -0.495 e. The molecular weight excluding hydrogens is 456 g/mol. The number of rotatable bonds is 10. The Hall–Kier alpha value is -2.94. The molecule has 3 rings (SSSR count). The first kappa shape index (κ1) is 24.7. The van der Waals surface area contributed by atoms with Crippen molar-refractivity contribution < 1.29 is 17.9 Å². The maximum absolute atomic E-state index is 12.8. The van der Waals surface area contributed by atoms with Crippen LogP contribution in [0.4, 0.5) is 0 Å². The van der Waals surface area contributed by atoms with Crippen LogP contribution in [-0.4, -0.2) is 28.5 Å². The van der Waals surface area contributed by atoms with Gasteiger partial charge in [0.05, 0.1) is 13.2 Å². The average molecular weight is 485 g/mol. The summed E-state index contributed by atoms with van der Waals surface area (Å²) in [5, 5.41) is 5.05. The summed E-state index contributed by atoms with van der Waals surface area (Å²) >= 11 is 1.58. The maximum Gasteiger partial charge on any atom is 0.244 e.